The second kappa shape index (κ2) is 8.47. The highest BCUT2D eigenvalue weighted by Crippen LogP contribution is 1.99. The van der Waals surface area contributed by atoms with E-state index >= 15 is 0 Å². The first-order valence-electron chi connectivity index (χ1n) is 4.25. The van der Waals surface area contributed by atoms with E-state index in [2.05, 4.69) is 26.0 Å². The Labute approximate surface area is 86.8 Å². The van der Waals surface area contributed by atoms with Crippen molar-refractivity contribution in [1.82, 2.24) is 5.32 Å². The lowest BCUT2D eigenvalue weighted by molar-refractivity contribution is -0.139. The van der Waals surface area contributed by atoms with Gasteiger partial charge in [-0.2, -0.15) is 0 Å². The number of ether oxygens (including phenoxy) is 1. The van der Waals surface area contributed by atoms with Crippen molar-refractivity contribution in [2.45, 2.75) is 17.7 Å². The van der Waals surface area contributed by atoms with Gasteiger partial charge in [0.1, 0.15) is 4.83 Å². The van der Waals surface area contributed by atoms with Gasteiger partial charge < -0.3 is 15.2 Å². The van der Waals surface area contributed by atoms with E-state index in [1.165, 1.54) is 7.11 Å². The standard InChI is InChI=1S/C8H16BrNO3/c1-13-8(12)7(9)6-10-4-2-3-5-11/h7,10-11H,2-6H2,1H3. The van der Waals surface area contributed by atoms with Crippen LogP contribution in [-0.4, -0.2) is 42.7 Å². The Kier molecular flexibility index (Phi) is 8.38. The van der Waals surface area contributed by atoms with E-state index in [1.54, 1.807) is 0 Å². The van der Waals surface area contributed by atoms with Crippen molar-refractivity contribution in [2.24, 2.45) is 0 Å². The third-order valence-corrected chi connectivity index (χ3v) is 2.24. The average molecular weight is 254 g/mol. The van der Waals surface area contributed by atoms with Crippen LogP contribution in [0.15, 0.2) is 0 Å². The number of nitrogens with one attached hydrogen (secondary N) is 1. The van der Waals surface area contributed by atoms with E-state index in [9.17, 15) is 4.79 Å². The Morgan fingerprint density at radius 2 is 2.31 bits per heavy atom. The molecule has 4 nitrogen and oxygen atoms in total. The largest absolute Gasteiger partial charge is 0.468 e. The van der Waals surface area contributed by atoms with E-state index in [-0.39, 0.29) is 17.4 Å². The summed E-state index contributed by atoms with van der Waals surface area (Å²) >= 11 is 3.19. The molecule has 2 N–H and O–H groups in total. The van der Waals surface area contributed by atoms with E-state index in [1.807, 2.05) is 0 Å². The summed E-state index contributed by atoms with van der Waals surface area (Å²) in [5.41, 5.74) is 0. The maximum atomic E-state index is 10.9. The van der Waals surface area contributed by atoms with Crippen LogP contribution in [0.2, 0.25) is 0 Å². The third kappa shape index (κ3) is 6.98. The van der Waals surface area contributed by atoms with Crippen molar-refractivity contribution in [2.75, 3.05) is 26.8 Å². The number of esters is 1. The zero-order valence-electron chi connectivity index (χ0n) is 7.75. The minimum Gasteiger partial charge on any atom is -0.468 e. The molecule has 5 heteroatoms. The molecule has 0 bridgehead atoms. The quantitative estimate of drug-likeness (QED) is 0.389. The van der Waals surface area contributed by atoms with E-state index in [0.717, 1.165) is 19.4 Å². The van der Waals surface area contributed by atoms with E-state index in [4.69, 9.17) is 5.11 Å². The molecule has 0 aliphatic heterocycles. The van der Waals surface area contributed by atoms with Crippen LogP contribution in [-0.2, 0) is 9.53 Å². The Morgan fingerprint density at radius 1 is 1.62 bits per heavy atom. The molecule has 0 spiro atoms. The van der Waals surface area contributed by atoms with Gasteiger partial charge in [0.05, 0.1) is 7.11 Å². The maximum absolute atomic E-state index is 10.9. The first-order chi connectivity index (χ1) is 6.22. The SMILES string of the molecule is COC(=O)C(Br)CNCCCCO. The number of hydrogen-bond acceptors (Lipinski definition) is 4. The Balaban J connectivity index is 3.26. The molecule has 0 radical (unpaired) electrons. The van der Waals surface area contributed by atoms with Crippen molar-refractivity contribution in [3.05, 3.63) is 0 Å². The first kappa shape index (κ1) is 12.9. The molecule has 0 rings (SSSR count). The van der Waals surface area contributed by atoms with Gasteiger partial charge in [-0.3, -0.25) is 4.79 Å². The second-order valence-corrected chi connectivity index (χ2v) is 3.73. The van der Waals surface area contributed by atoms with Crippen LogP contribution in [0.5, 0.6) is 0 Å². The Hall–Kier alpha value is -0.130. The van der Waals surface area contributed by atoms with Crippen LogP contribution in [0.25, 0.3) is 0 Å². The molecule has 1 atom stereocenters. The van der Waals surface area contributed by atoms with Crippen LogP contribution in [0.3, 0.4) is 0 Å². The molecule has 0 saturated heterocycles. The summed E-state index contributed by atoms with van der Waals surface area (Å²) in [5, 5.41) is 11.6. The highest BCUT2D eigenvalue weighted by atomic mass is 79.9. The lowest BCUT2D eigenvalue weighted by atomic mass is 10.3. The van der Waals surface area contributed by atoms with E-state index in [0.29, 0.717) is 6.54 Å². The lowest BCUT2D eigenvalue weighted by Crippen LogP contribution is -2.30. The number of aliphatic hydroxyl groups is 1. The second-order valence-electron chi connectivity index (χ2n) is 2.63. The van der Waals surface area contributed by atoms with Crippen LogP contribution >= 0.6 is 15.9 Å². The molecule has 0 aromatic rings. The van der Waals surface area contributed by atoms with Crippen molar-refractivity contribution in [1.29, 1.82) is 0 Å². The highest BCUT2D eigenvalue weighted by molar-refractivity contribution is 9.10. The Morgan fingerprint density at radius 3 is 2.85 bits per heavy atom. The van der Waals surface area contributed by atoms with Gasteiger partial charge in [0.2, 0.25) is 0 Å². The van der Waals surface area contributed by atoms with Crippen LogP contribution < -0.4 is 5.32 Å². The topological polar surface area (TPSA) is 58.6 Å². The number of halogens is 1. The molecule has 0 aliphatic rings. The molecule has 78 valence electrons. The normalized spacial score (nSPS) is 12.5. The third-order valence-electron chi connectivity index (χ3n) is 1.54. The Bertz CT molecular complexity index is 143. The molecule has 1 unspecified atom stereocenters. The monoisotopic (exact) mass is 253 g/mol. The number of hydrogen-bond donors (Lipinski definition) is 2. The van der Waals surface area contributed by atoms with Gasteiger partial charge in [0, 0.05) is 13.2 Å². The average Bonchev–Trinajstić information content (AvgIpc) is 2.16. The molecule has 0 fully saturated rings. The number of carbonyl (C=O) groups is 1. The molecular formula is C8H16BrNO3. The fourth-order valence-electron chi connectivity index (χ4n) is 0.802. The smallest absolute Gasteiger partial charge is 0.320 e. The number of aliphatic hydroxyl groups excluding tert-OH is 1. The molecule has 0 amide bonds. The van der Waals surface area contributed by atoms with Gasteiger partial charge in [0.15, 0.2) is 0 Å². The molecule has 0 heterocycles. The predicted octanol–water partition coefficient (Wildman–Crippen LogP) is 0.285. The fourth-order valence-corrected chi connectivity index (χ4v) is 1.22. The number of carbonyl (C=O) groups excluding carboxylic acids is 1. The van der Waals surface area contributed by atoms with E-state index < -0.39 is 0 Å². The van der Waals surface area contributed by atoms with Gasteiger partial charge in [-0.1, -0.05) is 15.9 Å². The van der Waals surface area contributed by atoms with Gasteiger partial charge in [-0.05, 0) is 19.4 Å². The number of methoxy groups -OCH3 is 1. The van der Waals surface area contributed by atoms with Crippen LogP contribution in [0.1, 0.15) is 12.8 Å². The van der Waals surface area contributed by atoms with Gasteiger partial charge in [-0.25, -0.2) is 0 Å². The zero-order chi connectivity index (χ0) is 10.1. The summed E-state index contributed by atoms with van der Waals surface area (Å²) in [7, 11) is 1.36. The number of alkyl halides is 1. The van der Waals surface area contributed by atoms with Gasteiger partial charge >= 0.3 is 5.97 Å². The van der Waals surface area contributed by atoms with Gasteiger partial charge in [-0.15, -0.1) is 0 Å². The molecular weight excluding hydrogens is 238 g/mol. The minimum absolute atomic E-state index is 0.219. The van der Waals surface area contributed by atoms with Crippen LogP contribution in [0, 0.1) is 0 Å². The zero-order valence-corrected chi connectivity index (χ0v) is 9.34. The summed E-state index contributed by atoms with van der Waals surface area (Å²) in [4.78, 5) is 10.6. The summed E-state index contributed by atoms with van der Waals surface area (Å²) in [6, 6.07) is 0. The van der Waals surface area contributed by atoms with Crippen molar-refractivity contribution in [3.63, 3.8) is 0 Å². The molecule has 0 aliphatic carbocycles. The lowest BCUT2D eigenvalue weighted by Gasteiger charge is -2.08. The summed E-state index contributed by atoms with van der Waals surface area (Å²) in [5.74, 6) is -0.269. The van der Waals surface area contributed by atoms with Crippen molar-refractivity contribution >= 4 is 21.9 Å². The number of rotatable bonds is 7. The molecule has 0 aromatic heterocycles. The number of unbranched alkanes of at least 4 members (excludes halogenated alkanes) is 1. The summed E-state index contributed by atoms with van der Waals surface area (Å²) < 4.78 is 4.52. The summed E-state index contributed by atoms with van der Waals surface area (Å²) in [6.07, 6.45) is 1.70. The highest BCUT2D eigenvalue weighted by Gasteiger charge is 2.13. The minimum atomic E-state index is -0.286. The molecule has 0 aromatic carbocycles. The van der Waals surface area contributed by atoms with Crippen LogP contribution in [0.4, 0.5) is 0 Å². The molecule has 13 heavy (non-hydrogen) atoms. The summed E-state index contributed by atoms with van der Waals surface area (Å²) in [6.45, 7) is 1.58. The first-order valence-corrected chi connectivity index (χ1v) is 5.17. The predicted molar refractivity (Wildman–Crippen MR) is 53.9 cm³/mol. The molecule has 0 saturated carbocycles. The van der Waals surface area contributed by atoms with Crippen molar-refractivity contribution in [3.8, 4) is 0 Å². The van der Waals surface area contributed by atoms with Gasteiger partial charge in [0.25, 0.3) is 0 Å². The fraction of sp³-hybridized carbons (Fsp3) is 0.875. The van der Waals surface area contributed by atoms with Crippen molar-refractivity contribution < 1.29 is 14.6 Å². The maximum Gasteiger partial charge on any atom is 0.320 e.